The second kappa shape index (κ2) is 5.45. The van der Waals surface area contributed by atoms with E-state index in [1.165, 1.54) is 0 Å². The van der Waals surface area contributed by atoms with Crippen molar-refractivity contribution in [2.24, 2.45) is 4.99 Å². The summed E-state index contributed by atoms with van der Waals surface area (Å²) < 4.78 is 0. The lowest BCUT2D eigenvalue weighted by molar-refractivity contribution is 0.285. The van der Waals surface area contributed by atoms with Gasteiger partial charge in [0, 0.05) is 12.1 Å². The number of nitrogens with zero attached hydrogens (tertiary/aromatic N) is 1. The smallest absolute Gasteiger partial charge is 0.0618 e. The van der Waals surface area contributed by atoms with E-state index in [0.717, 1.165) is 19.3 Å². The lowest BCUT2D eigenvalue weighted by atomic mass is 9.87. The molecule has 0 aromatic rings. The molecule has 1 aliphatic rings. The molecule has 1 aliphatic carbocycles. The minimum atomic E-state index is 0.375. The van der Waals surface area contributed by atoms with Crippen molar-refractivity contribution in [2.45, 2.75) is 37.4 Å². The summed E-state index contributed by atoms with van der Waals surface area (Å²) in [5, 5.41) is 9.10. The van der Waals surface area contributed by atoms with Crippen molar-refractivity contribution in [2.75, 3.05) is 14.1 Å². The fraction of sp³-hybridized carbons (Fsp3) is 0.889. The molecule has 0 radical (unpaired) electrons. The Kier molecular flexibility index (Phi) is 4.53. The van der Waals surface area contributed by atoms with Gasteiger partial charge in [0.25, 0.3) is 0 Å². The van der Waals surface area contributed by atoms with Crippen LogP contribution < -0.4 is 10.6 Å². The van der Waals surface area contributed by atoms with Crippen LogP contribution in [0.3, 0.4) is 0 Å². The molecule has 3 atom stereocenters. The molecule has 74 valence electrons. The van der Waals surface area contributed by atoms with Crippen LogP contribution in [0.1, 0.15) is 19.3 Å². The Labute approximate surface area is 85.0 Å². The van der Waals surface area contributed by atoms with Gasteiger partial charge in [0.1, 0.15) is 0 Å². The Hall–Kier alpha value is -0.280. The maximum Gasteiger partial charge on any atom is 0.0618 e. The fourth-order valence-electron chi connectivity index (χ4n) is 2.00. The highest BCUT2D eigenvalue weighted by Gasteiger charge is 2.27. The van der Waals surface area contributed by atoms with E-state index in [2.05, 4.69) is 33.0 Å². The Bertz CT molecular complexity index is 201. The van der Waals surface area contributed by atoms with Crippen LogP contribution in [0.25, 0.3) is 0 Å². The monoisotopic (exact) mass is 199 g/mol. The molecule has 0 amide bonds. The van der Waals surface area contributed by atoms with Crippen LogP contribution in [-0.2, 0) is 0 Å². The summed E-state index contributed by atoms with van der Waals surface area (Å²) >= 11 is 4.61. The normalized spacial score (nSPS) is 33.8. The summed E-state index contributed by atoms with van der Waals surface area (Å²) in [6, 6.07) is 1.46. The zero-order valence-electron chi connectivity index (χ0n) is 8.21. The van der Waals surface area contributed by atoms with E-state index in [-0.39, 0.29) is 0 Å². The van der Waals surface area contributed by atoms with Gasteiger partial charge in [-0.3, -0.25) is 0 Å². The first kappa shape index (κ1) is 10.8. The van der Waals surface area contributed by atoms with E-state index in [9.17, 15) is 0 Å². The molecule has 0 aromatic heterocycles. The van der Waals surface area contributed by atoms with Gasteiger partial charge >= 0.3 is 0 Å². The van der Waals surface area contributed by atoms with E-state index in [1.807, 2.05) is 14.1 Å². The number of aliphatic imine (C=N–C) groups is 1. The molecule has 1 fully saturated rings. The maximum absolute atomic E-state index is 4.61. The van der Waals surface area contributed by atoms with Gasteiger partial charge in [-0.05, 0) is 45.6 Å². The number of hydrogen-bond donors (Lipinski definition) is 2. The molecule has 1 rings (SSSR count). The average molecular weight is 199 g/mol. The molecule has 0 bridgehead atoms. The highest BCUT2D eigenvalue weighted by atomic mass is 32.1. The Morgan fingerprint density at radius 2 is 1.92 bits per heavy atom. The summed E-state index contributed by atoms with van der Waals surface area (Å²) in [6.45, 7) is 0. The van der Waals surface area contributed by atoms with E-state index in [1.54, 1.807) is 0 Å². The molecule has 13 heavy (non-hydrogen) atoms. The van der Waals surface area contributed by atoms with Gasteiger partial charge in [-0.15, -0.1) is 0 Å². The van der Waals surface area contributed by atoms with E-state index >= 15 is 0 Å². The predicted molar refractivity (Wildman–Crippen MR) is 58.4 cm³/mol. The topological polar surface area (TPSA) is 36.4 Å². The van der Waals surface area contributed by atoms with Crippen LogP contribution in [0.4, 0.5) is 0 Å². The van der Waals surface area contributed by atoms with Crippen molar-refractivity contribution in [1.29, 1.82) is 0 Å². The first-order valence-electron chi connectivity index (χ1n) is 4.73. The van der Waals surface area contributed by atoms with Crippen LogP contribution in [-0.4, -0.2) is 37.4 Å². The van der Waals surface area contributed by atoms with Crippen molar-refractivity contribution < 1.29 is 0 Å². The van der Waals surface area contributed by atoms with Gasteiger partial charge in [0.05, 0.1) is 11.2 Å². The van der Waals surface area contributed by atoms with Gasteiger partial charge in [-0.1, -0.05) is 0 Å². The summed E-state index contributed by atoms with van der Waals surface area (Å²) in [7, 11) is 4.01. The molecule has 0 aromatic carbocycles. The molecular formula is C9H17N3S. The maximum atomic E-state index is 4.61. The molecule has 0 heterocycles. The molecule has 3 nitrogen and oxygen atoms in total. The zero-order chi connectivity index (χ0) is 9.68. The summed E-state index contributed by atoms with van der Waals surface area (Å²) in [5.41, 5.74) is 0. The molecule has 0 spiro atoms. The molecular weight excluding hydrogens is 182 g/mol. The lowest BCUT2D eigenvalue weighted by Gasteiger charge is -2.33. The van der Waals surface area contributed by atoms with E-state index < -0.39 is 0 Å². The van der Waals surface area contributed by atoms with Crippen LogP contribution in [0.2, 0.25) is 0 Å². The standard InChI is InChI=1S/C9H17N3S/c1-10-8-4-3-7(12-6-13)5-9(8)11-2/h7-11H,3-5H2,1-2H3. The number of rotatable bonds is 3. The summed E-state index contributed by atoms with van der Waals surface area (Å²) in [4.78, 5) is 4.15. The largest absolute Gasteiger partial charge is 0.315 e. The SMILES string of the molecule is CNC1CCC(N=C=S)CC1NC. The molecule has 1 saturated carbocycles. The summed E-state index contributed by atoms with van der Waals surface area (Å²) in [5.74, 6) is 0. The van der Waals surface area contributed by atoms with Gasteiger partial charge < -0.3 is 10.6 Å². The van der Waals surface area contributed by atoms with Gasteiger partial charge in [-0.25, -0.2) is 4.99 Å². The number of isothiocyanates is 1. The molecule has 3 unspecified atom stereocenters. The third-order valence-electron chi connectivity index (χ3n) is 2.80. The Balaban J connectivity index is 2.51. The van der Waals surface area contributed by atoms with E-state index in [4.69, 9.17) is 0 Å². The van der Waals surface area contributed by atoms with Crippen molar-refractivity contribution in [3.05, 3.63) is 0 Å². The number of likely N-dealkylation sites (N-methyl/N-ethyl adjacent to an activating group) is 2. The van der Waals surface area contributed by atoms with Gasteiger partial charge in [0.2, 0.25) is 0 Å². The first-order valence-corrected chi connectivity index (χ1v) is 5.14. The Morgan fingerprint density at radius 3 is 2.46 bits per heavy atom. The third-order valence-corrected chi connectivity index (χ3v) is 2.90. The lowest BCUT2D eigenvalue weighted by Crippen LogP contribution is -2.50. The first-order chi connectivity index (χ1) is 6.31. The van der Waals surface area contributed by atoms with Gasteiger partial charge in [-0.2, -0.15) is 0 Å². The van der Waals surface area contributed by atoms with Gasteiger partial charge in [0.15, 0.2) is 0 Å². The van der Waals surface area contributed by atoms with Crippen LogP contribution in [0, 0.1) is 0 Å². The quantitative estimate of drug-likeness (QED) is 0.522. The second-order valence-corrected chi connectivity index (χ2v) is 3.66. The minimum absolute atomic E-state index is 0.375. The van der Waals surface area contributed by atoms with Crippen molar-refractivity contribution in [3.63, 3.8) is 0 Å². The Morgan fingerprint density at radius 1 is 1.23 bits per heavy atom. The highest BCUT2D eigenvalue weighted by Crippen LogP contribution is 2.21. The van der Waals surface area contributed by atoms with E-state index in [0.29, 0.717) is 18.1 Å². The van der Waals surface area contributed by atoms with Crippen molar-refractivity contribution >= 4 is 17.4 Å². The van der Waals surface area contributed by atoms with Crippen LogP contribution >= 0.6 is 12.2 Å². The van der Waals surface area contributed by atoms with Crippen LogP contribution in [0.5, 0.6) is 0 Å². The number of hydrogen-bond acceptors (Lipinski definition) is 4. The van der Waals surface area contributed by atoms with Crippen molar-refractivity contribution in [1.82, 2.24) is 10.6 Å². The third kappa shape index (κ3) is 2.85. The highest BCUT2D eigenvalue weighted by molar-refractivity contribution is 7.78. The minimum Gasteiger partial charge on any atom is -0.315 e. The number of thiocarbonyl (C=S) groups is 1. The predicted octanol–water partition coefficient (Wildman–Crippen LogP) is 0.818. The summed E-state index contributed by atoms with van der Waals surface area (Å²) in [6.07, 6.45) is 3.34. The zero-order valence-corrected chi connectivity index (χ0v) is 9.03. The second-order valence-electron chi connectivity index (χ2n) is 3.48. The van der Waals surface area contributed by atoms with Crippen LogP contribution in [0.15, 0.2) is 4.99 Å². The molecule has 0 saturated heterocycles. The number of nitrogens with one attached hydrogen (secondary N) is 2. The molecule has 0 aliphatic heterocycles. The fourth-order valence-corrected chi connectivity index (χ4v) is 2.15. The molecule has 2 N–H and O–H groups in total. The van der Waals surface area contributed by atoms with Crippen molar-refractivity contribution in [3.8, 4) is 0 Å². The molecule has 4 heteroatoms. The average Bonchev–Trinajstić information content (AvgIpc) is 2.18.